The summed E-state index contributed by atoms with van der Waals surface area (Å²) >= 11 is 0. The van der Waals surface area contributed by atoms with Crippen molar-refractivity contribution in [2.45, 2.75) is 31.3 Å². The summed E-state index contributed by atoms with van der Waals surface area (Å²) in [5.41, 5.74) is 2.01. The Hall–Kier alpha value is -2.20. The van der Waals surface area contributed by atoms with Gasteiger partial charge in [-0.15, -0.1) is 0 Å². The molecule has 2 aliphatic rings. The molecule has 2 aromatic rings. The fourth-order valence-corrected chi connectivity index (χ4v) is 4.14. The first-order valence-electron chi connectivity index (χ1n) is 9.41. The largest absolute Gasteiger partial charge is 0.388 e. The number of aliphatic hydroxyl groups excluding tert-OH is 1. The normalized spacial score (nSPS) is 24.3. The van der Waals surface area contributed by atoms with E-state index in [0.717, 1.165) is 30.4 Å². The van der Waals surface area contributed by atoms with Crippen LogP contribution in [-0.2, 0) is 4.79 Å². The van der Waals surface area contributed by atoms with E-state index in [9.17, 15) is 14.3 Å². The lowest BCUT2D eigenvalue weighted by atomic mass is 9.87. The van der Waals surface area contributed by atoms with E-state index in [0.29, 0.717) is 13.1 Å². The van der Waals surface area contributed by atoms with Gasteiger partial charge in [-0.25, -0.2) is 4.39 Å². The third-order valence-electron chi connectivity index (χ3n) is 5.84. The first kappa shape index (κ1) is 17.2. The maximum Gasteiger partial charge on any atom is 0.226 e. The molecule has 2 fully saturated rings. The lowest BCUT2D eigenvalue weighted by Gasteiger charge is -2.34. The van der Waals surface area contributed by atoms with Crippen molar-refractivity contribution < 1.29 is 14.3 Å². The van der Waals surface area contributed by atoms with Gasteiger partial charge in [0.1, 0.15) is 5.82 Å². The number of carbonyl (C=O) groups excluding carboxylic acids is 1. The number of hydrogen-bond acceptors (Lipinski definition) is 2. The van der Waals surface area contributed by atoms with Crippen molar-refractivity contribution in [3.63, 3.8) is 0 Å². The quantitative estimate of drug-likeness (QED) is 0.906. The molecule has 0 radical (unpaired) electrons. The lowest BCUT2D eigenvalue weighted by Crippen LogP contribution is -2.40. The molecule has 26 heavy (non-hydrogen) atoms. The minimum atomic E-state index is -0.457. The van der Waals surface area contributed by atoms with Gasteiger partial charge in [0, 0.05) is 19.0 Å². The molecule has 4 heteroatoms. The Labute approximate surface area is 153 Å². The fraction of sp³-hybridized carbons (Fsp3) is 0.409. The summed E-state index contributed by atoms with van der Waals surface area (Å²) in [7, 11) is 0. The molecule has 0 aromatic heterocycles. The molecule has 1 aliphatic heterocycles. The van der Waals surface area contributed by atoms with Crippen molar-refractivity contribution in [1.82, 2.24) is 4.90 Å². The van der Waals surface area contributed by atoms with Gasteiger partial charge in [0.15, 0.2) is 0 Å². The van der Waals surface area contributed by atoms with Crippen LogP contribution in [0.3, 0.4) is 0 Å². The summed E-state index contributed by atoms with van der Waals surface area (Å²) in [6.07, 6.45) is 2.06. The molecule has 3 nitrogen and oxygen atoms in total. The van der Waals surface area contributed by atoms with Crippen LogP contribution in [-0.4, -0.2) is 29.0 Å². The molecule has 0 bridgehead atoms. The van der Waals surface area contributed by atoms with E-state index >= 15 is 0 Å². The number of piperidine rings is 1. The minimum Gasteiger partial charge on any atom is -0.388 e. The number of halogens is 1. The molecule has 136 valence electrons. The summed E-state index contributed by atoms with van der Waals surface area (Å²) in [4.78, 5) is 14.7. The number of rotatable bonds is 4. The highest BCUT2D eigenvalue weighted by molar-refractivity contribution is 5.83. The highest BCUT2D eigenvalue weighted by Gasteiger charge is 2.46. The number of hydrogen-bond donors (Lipinski definition) is 1. The second kappa shape index (κ2) is 7.20. The van der Waals surface area contributed by atoms with Gasteiger partial charge in [0.2, 0.25) is 5.91 Å². The van der Waals surface area contributed by atoms with Crippen molar-refractivity contribution >= 4 is 5.91 Å². The third-order valence-corrected chi connectivity index (χ3v) is 5.84. The number of amides is 1. The van der Waals surface area contributed by atoms with Crippen LogP contribution < -0.4 is 0 Å². The van der Waals surface area contributed by atoms with Crippen molar-refractivity contribution in [3.8, 4) is 0 Å². The van der Waals surface area contributed by atoms with Crippen LogP contribution in [0.25, 0.3) is 0 Å². The van der Waals surface area contributed by atoms with Crippen molar-refractivity contribution in [2.24, 2.45) is 11.8 Å². The first-order chi connectivity index (χ1) is 12.6. The SMILES string of the molecule is O=C(C1CC1c1ccc(F)cc1)N1CCC(C(O)c2ccccc2)CC1. The van der Waals surface area contributed by atoms with Gasteiger partial charge in [-0.1, -0.05) is 42.5 Å². The maximum atomic E-state index is 13.0. The molecule has 1 amide bonds. The van der Waals surface area contributed by atoms with Gasteiger partial charge in [0.25, 0.3) is 0 Å². The maximum absolute atomic E-state index is 13.0. The first-order valence-corrected chi connectivity index (χ1v) is 9.41. The van der Waals surface area contributed by atoms with Gasteiger partial charge >= 0.3 is 0 Å². The average molecular weight is 353 g/mol. The van der Waals surface area contributed by atoms with Gasteiger partial charge in [-0.05, 0) is 54.4 Å². The van der Waals surface area contributed by atoms with Crippen molar-refractivity contribution in [1.29, 1.82) is 0 Å². The highest BCUT2D eigenvalue weighted by atomic mass is 19.1. The Balaban J connectivity index is 1.31. The highest BCUT2D eigenvalue weighted by Crippen LogP contribution is 2.49. The Morgan fingerprint density at radius 2 is 1.69 bits per heavy atom. The van der Waals surface area contributed by atoms with Crippen LogP contribution in [0.5, 0.6) is 0 Å². The molecule has 4 rings (SSSR count). The summed E-state index contributed by atoms with van der Waals surface area (Å²) in [6.45, 7) is 1.42. The third kappa shape index (κ3) is 3.51. The molecule has 3 unspecified atom stereocenters. The standard InChI is InChI=1S/C22H24FNO2/c23-18-8-6-15(7-9-18)19-14-20(19)22(26)24-12-10-17(11-13-24)21(25)16-4-2-1-3-5-16/h1-9,17,19-21,25H,10-14H2. The zero-order valence-corrected chi connectivity index (χ0v) is 14.7. The van der Waals surface area contributed by atoms with Crippen LogP contribution in [0.1, 0.15) is 42.4 Å². The predicted octanol–water partition coefficient (Wildman–Crippen LogP) is 3.90. The second-order valence-electron chi connectivity index (χ2n) is 7.52. The van der Waals surface area contributed by atoms with E-state index in [1.165, 1.54) is 12.1 Å². The monoisotopic (exact) mass is 353 g/mol. The van der Waals surface area contributed by atoms with Crippen LogP contribution in [0.15, 0.2) is 54.6 Å². The van der Waals surface area contributed by atoms with E-state index in [2.05, 4.69) is 0 Å². The van der Waals surface area contributed by atoms with Crippen molar-refractivity contribution in [3.05, 3.63) is 71.5 Å². The van der Waals surface area contributed by atoms with Crippen LogP contribution in [0.2, 0.25) is 0 Å². The molecule has 0 spiro atoms. The zero-order chi connectivity index (χ0) is 18.1. The van der Waals surface area contributed by atoms with Crippen molar-refractivity contribution in [2.75, 3.05) is 13.1 Å². The molecule has 3 atom stereocenters. The topological polar surface area (TPSA) is 40.5 Å². The van der Waals surface area contributed by atoms with Crippen LogP contribution >= 0.6 is 0 Å². The zero-order valence-electron chi connectivity index (χ0n) is 14.7. The van der Waals surface area contributed by atoms with Crippen LogP contribution in [0, 0.1) is 17.7 Å². The average Bonchev–Trinajstić information content (AvgIpc) is 3.49. The number of likely N-dealkylation sites (tertiary alicyclic amines) is 1. The van der Waals surface area contributed by atoms with E-state index in [4.69, 9.17) is 0 Å². The summed E-state index contributed by atoms with van der Waals surface area (Å²) in [5, 5.41) is 10.6. The Bertz CT molecular complexity index is 753. The summed E-state index contributed by atoms with van der Waals surface area (Å²) < 4.78 is 13.0. The van der Waals surface area contributed by atoms with E-state index in [-0.39, 0.29) is 29.5 Å². The predicted molar refractivity (Wildman–Crippen MR) is 98.0 cm³/mol. The number of nitrogens with zero attached hydrogens (tertiary/aromatic N) is 1. The summed E-state index contributed by atoms with van der Waals surface area (Å²) in [6, 6.07) is 16.3. The van der Waals surface area contributed by atoms with E-state index in [1.807, 2.05) is 35.2 Å². The number of benzene rings is 2. The Kier molecular flexibility index (Phi) is 4.77. The molecule has 1 N–H and O–H groups in total. The molecule has 1 saturated carbocycles. The molecular weight excluding hydrogens is 329 g/mol. The lowest BCUT2D eigenvalue weighted by molar-refractivity contribution is -0.134. The molecule has 1 heterocycles. The van der Waals surface area contributed by atoms with Crippen LogP contribution in [0.4, 0.5) is 4.39 Å². The molecular formula is C22H24FNO2. The van der Waals surface area contributed by atoms with Gasteiger partial charge < -0.3 is 10.0 Å². The minimum absolute atomic E-state index is 0.0380. The van der Waals surface area contributed by atoms with Gasteiger partial charge in [-0.2, -0.15) is 0 Å². The van der Waals surface area contributed by atoms with Gasteiger partial charge in [0.05, 0.1) is 6.10 Å². The molecule has 2 aromatic carbocycles. The smallest absolute Gasteiger partial charge is 0.226 e. The summed E-state index contributed by atoms with van der Waals surface area (Å²) in [5.74, 6) is 0.448. The Morgan fingerprint density at radius 1 is 1.04 bits per heavy atom. The second-order valence-corrected chi connectivity index (χ2v) is 7.52. The van der Waals surface area contributed by atoms with E-state index < -0.39 is 6.10 Å². The van der Waals surface area contributed by atoms with E-state index in [1.54, 1.807) is 12.1 Å². The molecule has 1 aliphatic carbocycles. The number of aliphatic hydroxyl groups is 1. The number of carbonyl (C=O) groups is 1. The Morgan fingerprint density at radius 3 is 2.35 bits per heavy atom. The molecule has 1 saturated heterocycles. The van der Waals surface area contributed by atoms with Gasteiger partial charge in [-0.3, -0.25) is 4.79 Å². The fourth-order valence-electron chi connectivity index (χ4n) is 4.14.